The van der Waals surface area contributed by atoms with E-state index in [2.05, 4.69) is 62.4 Å². The molecule has 0 saturated heterocycles. The first-order valence-corrected chi connectivity index (χ1v) is 11.7. The second-order valence-electron chi connectivity index (χ2n) is 8.99. The van der Waals surface area contributed by atoms with E-state index in [1.807, 2.05) is 0 Å². The van der Waals surface area contributed by atoms with Crippen LogP contribution in [0.2, 0.25) is 0 Å². The average molecular weight is 365 g/mol. The summed E-state index contributed by atoms with van der Waals surface area (Å²) in [6.07, 6.45) is 24.7. The summed E-state index contributed by atoms with van der Waals surface area (Å²) >= 11 is 0. The quantitative estimate of drug-likeness (QED) is 0.322. The Kier molecular flexibility index (Phi) is 8.24. The van der Waals surface area contributed by atoms with Gasteiger partial charge in [0.25, 0.3) is 0 Å². The SMILES string of the molecule is CCCCCc1ccc(C2CCC(C=CC3C=CC(CC)CC3)CC2)cc1. The van der Waals surface area contributed by atoms with Crippen LogP contribution in [0.15, 0.2) is 48.6 Å². The van der Waals surface area contributed by atoms with Gasteiger partial charge in [0.1, 0.15) is 0 Å². The van der Waals surface area contributed by atoms with Gasteiger partial charge in [-0.15, -0.1) is 0 Å². The first kappa shape index (κ1) is 20.4. The summed E-state index contributed by atoms with van der Waals surface area (Å²) in [6.45, 7) is 4.59. The highest BCUT2D eigenvalue weighted by molar-refractivity contribution is 5.26. The van der Waals surface area contributed by atoms with Gasteiger partial charge in [-0.1, -0.05) is 75.3 Å². The fourth-order valence-corrected chi connectivity index (χ4v) is 4.88. The first-order chi connectivity index (χ1) is 13.3. The van der Waals surface area contributed by atoms with Crippen molar-refractivity contribution in [1.82, 2.24) is 0 Å². The number of unbranched alkanes of at least 4 members (excludes halogenated alkanes) is 2. The number of rotatable bonds is 8. The van der Waals surface area contributed by atoms with Gasteiger partial charge in [0.05, 0.1) is 0 Å². The van der Waals surface area contributed by atoms with E-state index < -0.39 is 0 Å². The maximum absolute atomic E-state index is 2.55. The van der Waals surface area contributed by atoms with Gasteiger partial charge in [0, 0.05) is 0 Å². The molecule has 2 unspecified atom stereocenters. The molecule has 148 valence electrons. The van der Waals surface area contributed by atoms with Crippen molar-refractivity contribution in [1.29, 1.82) is 0 Å². The maximum atomic E-state index is 2.55. The lowest BCUT2D eigenvalue weighted by Crippen LogP contribution is -2.12. The van der Waals surface area contributed by atoms with Gasteiger partial charge in [-0.05, 0) is 92.6 Å². The minimum atomic E-state index is 0.700. The molecule has 0 heterocycles. The monoisotopic (exact) mass is 364 g/mol. The third-order valence-corrected chi connectivity index (χ3v) is 6.95. The Morgan fingerprint density at radius 2 is 1.59 bits per heavy atom. The zero-order chi connectivity index (χ0) is 18.9. The molecule has 0 heteroatoms. The van der Waals surface area contributed by atoms with E-state index in [-0.39, 0.29) is 0 Å². The van der Waals surface area contributed by atoms with Crippen LogP contribution in [0.4, 0.5) is 0 Å². The van der Waals surface area contributed by atoms with Crippen molar-refractivity contribution in [2.24, 2.45) is 17.8 Å². The summed E-state index contributed by atoms with van der Waals surface area (Å²) in [4.78, 5) is 0. The highest BCUT2D eigenvalue weighted by Crippen LogP contribution is 2.37. The summed E-state index contributed by atoms with van der Waals surface area (Å²) in [7, 11) is 0. The summed E-state index contributed by atoms with van der Waals surface area (Å²) < 4.78 is 0. The average Bonchev–Trinajstić information content (AvgIpc) is 2.74. The fourth-order valence-electron chi connectivity index (χ4n) is 4.88. The second-order valence-corrected chi connectivity index (χ2v) is 8.99. The maximum Gasteiger partial charge on any atom is -0.00531 e. The van der Waals surface area contributed by atoms with Crippen molar-refractivity contribution < 1.29 is 0 Å². The molecule has 27 heavy (non-hydrogen) atoms. The van der Waals surface area contributed by atoms with E-state index in [1.54, 1.807) is 5.56 Å². The summed E-state index contributed by atoms with van der Waals surface area (Å²) in [5, 5.41) is 0. The Labute approximate surface area is 168 Å². The van der Waals surface area contributed by atoms with Crippen LogP contribution in [0.3, 0.4) is 0 Å². The lowest BCUT2D eigenvalue weighted by molar-refractivity contribution is 0.374. The number of allylic oxidation sites excluding steroid dienone is 4. The molecule has 0 spiro atoms. The number of hydrogen-bond acceptors (Lipinski definition) is 0. The molecule has 2 aliphatic carbocycles. The first-order valence-electron chi connectivity index (χ1n) is 11.7. The van der Waals surface area contributed by atoms with E-state index in [0.29, 0.717) is 5.92 Å². The molecule has 0 radical (unpaired) electrons. The van der Waals surface area contributed by atoms with Crippen molar-refractivity contribution in [3.8, 4) is 0 Å². The molecule has 1 aromatic carbocycles. The standard InChI is InChI=1S/C27H40/c1-3-5-6-7-23-14-18-26(19-15-23)27-20-16-25(17-21-27)13-12-24-10-8-22(4-2)9-11-24/h8,10,12-15,18-19,22,24-25,27H,3-7,9,11,16-17,20-21H2,1-2H3. The zero-order valence-corrected chi connectivity index (χ0v) is 17.7. The number of hydrogen-bond donors (Lipinski definition) is 0. The molecule has 0 N–H and O–H groups in total. The Hall–Kier alpha value is -1.30. The van der Waals surface area contributed by atoms with Crippen LogP contribution >= 0.6 is 0 Å². The summed E-state index contributed by atoms with van der Waals surface area (Å²) in [5.74, 6) is 3.14. The van der Waals surface area contributed by atoms with Gasteiger partial charge in [0.15, 0.2) is 0 Å². The molecular weight excluding hydrogens is 324 g/mol. The Balaban J connectivity index is 1.43. The van der Waals surface area contributed by atoms with Crippen LogP contribution in [0.5, 0.6) is 0 Å². The van der Waals surface area contributed by atoms with Gasteiger partial charge in [-0.3, -0.25) is 0 Å². The largest absolute Gasteiger partial charge is 0.0848 e. The smallest absolute Gasteiger partial charge is 0.00531 e. The molecule has 0 bridgehead atoms. The zero-order valence-electron chi connectivity index (χ0n) is 17.7. The van der Waals surface area contributed by atoms with Crippen LogP contribution in [-0.4, -0.2) is 0 Å². The molecule has 0 nitrogen and oxygen atoms in total. The molecule has 1 aromatic rings. The van der Waals surface area contributed by atoms with Crippen molar-refractivity contribution in [3.05, 3.63) is 59.7 Å². The summed E-state index contributed by atoms with van der Waals surface area (Å²) in [5.41, 5.74) is 3.10. The molecule has 0 amide bonds. The Morgan fingerprint density at radius 3 is 2.22 bits per heavy atom. The molecule has 0 aromatic heterocycles. The number of aryl methyl sites for hydroxylation is 1. The molecule has 0 aliphatic heterocycles. The van der Waals surface area contributed by atoms with Crippen LogP contribution in [-0.2, 0) is 6.42 Å². The van der Waals surface area contributed by atoms with Gasteiger partial charge >= 0.3 is 0 Å². The van der Waals surface area contributed by atoms with Crippen molar-refractivity contribution >= 4 is 0 Å². The van der Waals surface area contributed by atoms with Crippen LogP contribution in [0, 0.1) is 17.8 Å². The van der Waals surface area contributed by atoms with E-state index in [1.165, 1.54) is 76.2 Å². The van der Waals surface area contributed by atoms with Crippen molar-refractivity contribution in [3.63, 3.8) is 0 Å². The van der Waals surface area contributed by atoms with E-state index in [9.17, 15) is 0 Å². The molecule has 2 aliphatic rings. The van der Waals surface area contributed by atoms with Crippen molar-refractivity contribution in [2.75, 3.05) is 0 Å². The van der Waals surface area contributed by atoms with Crippen LogP contribution in [0.25, 0.3) is 0 Å². The summed E-state index contributed by atoms with van der Waals surface area (Å²) in [6, 6.07) is 9.60. The molecule has 2 atom stereocenters. The predicted molar refractivity (Wildman–Crippen MR) is 119 cm³/mol. The molecule has 3 rings (SSSR count). The Morgan fingerprint density at radius 1 is 0.815 bits per heavy atom. The molecule has 1 saturated carbocycles. The lowest BCUT2D eigenvalue weighted by atomic mass is 9.78. The minimum absolute atomic E-state index is 0.700. The number of benzene rings is 1. The minimum Gasteiger partial charge on any atom is -0.0848 e. The van der Waals surface area contributed by atoms with Gasteiger partial charge in [-0.25, -0.2) is 0 Å². The van der Waals surface area contributed by atoms with E-state index in [4.69, 9.17) is 0 Å². The van der Waals surface area contributed by atoms with Gasteiger partial charge < -0.3 is 0 Å². The fraction of sp³-hybridized carbons (Fsp3) is 0.630. The normalized spacial score (nSPS) is 28.7. The van der Waals surface area contributed by atoms with E-state index in [0.717, 1.165) is 17.8 Å². The third kappa shape index (κ3) is 6.37. The third-order valence-electron chi connectivity index (χ3n) is 6.95. The highest BCUT2D eigenvalue weighted by Gasteiger charge is 2.21. The van der Waals surface area contributed by atoms with Crippen LogP contribution in [0.1, 0.15) is 95.1 Å². The molecule has 1 fully saturated rings. The van der Waals surface area contributed by atoms with Crippen molar-refractivity contribution in [2.45, 2.75) is 90.4 Å². The van der Waals surface area contributed by atoms with Gasteiger partial charge in [-0.2, -0.15) is 0 Å². The molecular formula is C27H40. The van der Waals surface area contributed by atoms with Crippen LogP contribution < -0.4 is 0 Å². The second kappa shape index (κ2) is 10.9. The highest BCUT2D eigenvalue weighted by atomic mass is 14.3. The lowest BCUT2D eigenvalue weighted by Gasteiger charge is -2.28. The van der Waals surface area contributed by atoms with Gasteiger partial charge in [0.2, 0.25) is 0 Å². The Bertz CT molecular complexity index is 583. The predicted octanol–water partition coefficient (Wildman–Crippen LogP) is 8.24. The topological polar surface area (TPSA) is 0 Å². The van der Waals surface area contributed by atoms with E-state index >= 15 is 0 Å².